The zero-order valence-corrected chi connectivity index (χ0v) is 22.2. The van der Waals surface area contributed by atoms with E-state index in [4.69, 9.17) is 9.47 Å². The molecule has 1 aromatic rings. The normalized spacial score (nSPS) is 15.1. The highest BCUT2D eigenvalue weighted by Crippen LogP contribution is 2.51. The van der Waals surface area contributed by atoms with Gasteiger partial charge >= 0.3 is 0 Å². The van der Waals surface area contributed by atoms with Crippen LogP contribution in [0, 0.1) is 16.2 Å². The molecule has 0 fully saturated rings. The summed E-state index contributed by atoms with van der Waals surface area (Å²) in [4.78, 5) is 17.9. The first-order valence-electron chi connectivity index (χ1n) is 11.5. The Kier molecular flexibility index (Phi) is 8.69. The second kappa shape index (κ2) is 9.70. The maximum atomic E-state index is 13.8. The van der Waals surface area contributed by atoms with Gasteiger partial charge in [-0.25, -0.2) is 0 Å². The van der Waals surface area contributed by atoms with E-state index in [2.05, 4.69) is 65.6 Å². The van der Waals surface area contributed by atoms with E-state index in [-0.39, 0.29) is 22.2 Å². The monoisotopic (exact) mass is 433 g/mol. The zero-order valence-electron chi connectivity index (χ0n) is 22.2. The molecule has 31 heavy (non-hydrogen) atoms. The Morgan fingerprint density at radius 3 is 1.90 bits per heavy atom. The molecule has 1 atom stereocenters. The van der Waals surface area contributed by atoms with Crippen LogP contribution in [-0.2, 0) is 14.3 Å². The van der Waals surface area contributed by atoms with Crippen LogP contribution in [0.1, 0.15) is 100 Å². The fraction of sp³-hybridized carbons (Fsp3) is 0.778. The molecule has 0 amide bonds. The number of hydrogen-bond acceptors (Lipinski definition) is 4. The van der Waals surface area contributed by atoms with Crippen molar-refractivity contribution < 1.29 is 14.3 Å². The van der Waals surface area contributed by atoms with E-state index in [0.717, 1.165) is 12.8 Å². The van der Waals surface area contributed by atoms with E-state index in [9.17, 15) is 4.79 Å². The summed E-state index contributed by atoms with van der Waals surface area (Å²) in [5.74, 6) is 0.451. The maximum absolute atomic E-state index is 13.8. The van der Waals surface area contributed by atoms with Crippen molar-refractivity contribution in [2.75, 3.05) is 13.7 Å². The van der Waals surface area contributed by atoms with Crippen LogP contribution in [0.3, 0.4) is 0 Å². The second-order valence-corrected chi connectivity index (χ2v) is 12.3. The fourth-order valence-corrected chi connectivity index (χ4v) is 4.06. The first-order chi connectivity index (χ1) is 13.9. The molecule has 4 heteroatoms. The van der Waals surface area contributed by atoms with Gasteiger partial charge in [0.2, 0.25) is 0 Å². The highest BCUT2D eigenvalue weighted by atomic mass is 16.5. The van der Waals surface area contributed by atoms with Crippen molar-refractivity contribution in [3.63, 3.8) is 0 Å². The number of pyridine rings is 1. The molecule has 0 saturated heterocycles. The van der Waals surface area contributed by atoms with Gasteiger partial charge in [0.15, 0.2) is 5.78 Å². The van der Waals surface area contributed by atoms with Crippen LogP contribution in [0.25, 0.3) is 0 Å². The molecule has 0 N–H and O–H groups in total. The summed E-state index contributed by atoms with van der Waals surface area (Å²) in [5, 5.41) is 0. The van der Waals surface area contributed by atoms with Crippen molar-refractivity contribution in [1.82, 2.24) is 4.98 Å². The lowest BCUT2D eigenvalue weighted by atomic mass is 9.57. The number of rotatable bonds is 11. The SMILES string of the molecule is COC(C)(C)CCOC(C)(C)C(=O)C(C)(C)C(C)(C)CC(c1ccncc1)C(C)(C)C. The van der Waals surface area contributed by atoms with Crippen LogP contribution >= 0.6 is 0 Å². The summed E-state index contributed by atoms with van der Waals surface area (Å²) >= 11 is 0. The van der Waals surface area contributed by atoms with Crippen molar-refractivity contribution in [3.8, 4) is 0 Å². The van der Waals surface area contributed by atoms with Gasteiger partial charge in [0.05, 0.1) is 12.2 Å². The van der Waals surface area contributed by atoms with Gasteiger partial charge in [-0.3, -0.25) is 9.78 Å². The Morgan fingerprint density at radius 2 is 1.45 bits per heavy atom. The van der Waals surface area contributed by atoms with Gasteiger partial charge in [0.1, 0.15) is 5.60 Å². The number of Topliss-reactive ketones (excluding diaryl/α,β-unsaturated/α-hetero) is 1. The van der Waals surface area contributed by atoms with E-state index < -0.39 is 11.0 Å². The largest absolute Gasteiger partial charge is 0.379 e. The molecule has 0 bridgehead atoms. The molecule has 0 saturated carbocycles. The van der Waals surface area contributed by atoms with Crippen LogP contribution < -0.4 is 0 Å². The molecular formula is C27H47NO3. The van der Waals surface area contributed by atoms with Crippen molar-refractivity contribution in [2.24, 2.45) is 16.2 Å². The molecule has 4 nitrogen and oxygen atoms in total. The summed E-state index contributed by atoms with van der Waals surface area (Å²) < 4.78 is 11.6. The Morgan fingerprint density at radius 1 is 0.935 bits per heavy atom. The third-order valence-corrected chi connectivity index (χ3v) is 7.39. The summed E-state index contributed by atoms with van der Waals surface area (Å²) in [7, 11) is 1.70. The first-order valence-corrected chi connectivity index (χ1v) is 11.5. The molecule has 178 valence electrons. The lowest BCUT2D eigenvalue weighted by molar-refractivity contribution is -0.158. The minimum Gasteiger partial charge on any atom is -0.379 e. The number of methoxy groups -OCH3 is 1. The standard InChI is InChI=1S/C27H47NO3/c1-23(2,3)21(20-13-16-28-17-14-20)19-24(4,5)26(8,9)22(29)27(10,11)31-18-15-25(6,7)30-12/h13-14,16-17,21H,15,18-19H2,1-12H3. The molecule has 1 heterocycles. The average Bonchev–Trinajstić information content (AvgIpc) is 2.64. The number of nitrogens with zero attached hydrogens (tertiary/aromatic N) is 1. The highest BCUT2D eigenvalue weighted by Gasteiger charge is 2.50. The second-order valence-electron chi connectivity index (χ2n) is 12.3. The molecule has 0 aliphatic rings. The lowest BCUT2D eigenvalue weighted by Gasteiger charge is -2.48. The van der Waals surface area contributed by atoms with Crippen molar-refractivity contribution in [3.05, 3.63) is 30.1 Å². The number of carbonyl (C=O) groups is 1. The summed E-state index contributed by atoms with van der Waals surface area (Å²) in [6.07, 6.45) is 5.34. The predicted molar refractivity (Wildman–Crippen MR) is 129 cm³/mol. The van der Waals surface area contributed by atoms with Gasteiger partial charge in [-0.1, -0.05) is 48.5 Å². The number of aromatic nitrogens is 1. The highest BCUT2D eigenvalue weighted by molar-refractivity contribution is 5.92. The molecule has 0 aliphatic heterocycles. The van der Waals surface area contributed by atoms with Gasteiger partial charge in [-0.05, 0) is 75.0 Å². The third kappa shape index (κ3) is 7.12. The Hall–Kier alpha value is -1.26. The predicted octanol–water partition coefficient (Wildman–Crippen LogP) is 6.83. The number of ether oxygens (including phenoxy) is 2. The van der Waals surface area contributed by atoms with E-state index in [1.165, 1.54) is 5.56 Å². The third-order valence-electron chi connectivity index (χ3n) is 7.39. The van der Waals surface area contributed by atoms with Crippen LogP contribution in [0.5, 0.6) is 0 Å². The zero-order chi connectivity index (χ0) is 24.3. The molecule has 1 unspecified atom stereocenters. The van der Waals surface area contributed by atoms with E-state index in [0.29, 0.717) is 12.5 Å². The summed E-state index contributed by atoms with van der Waals surface area (Å²) in [6.45, 7) is 23.7. The minimum atomic E-state index is -0.863. The maximum Gasteiger partial charge on any atom is 0.170 e. The van der Waals surface area contributed by atoms with Crippen molar-refractivity contribution >= 4 is 5.78 Å². The lowest BCUT2D eigenvalue weighted by Crippen LogP contribution is -2.51. The smallest absolute Gasteiger partial charge is 0.170 e. The quantitative estimate of drug-likeness (QED) is 0.383. The minimum absolute atomic E-state index is 0.0650. The van der Waals surface area contributed by atoms with Crippen LogP contribution in [0.2, 0.25) is 0 Å². The average molecular weight is 434 g/mol. The van der Waals surface area contributed by atoms with Crippen molar-refractivity contribution in [1.29, 1.82) is 0 Å². The fourth-order valence-electron chi connectivity index (χ4n) is 4.06. The summed E-state index contributed by atoms with van der Waals surface area (Å²) in [6, 6.07) is 4.21. The molecule has 0 spiro atoms. The molecule has 0 aliphatic carbocycles. The number of ketones is 1. The van der Waals surface area contributed by atoms with Gasteiger partial charge in [0.25, 0.3) is 0 Å². The first kappa shape index (κ1) is 27.8. The molecule has 1 aromatic heterocycles. The Labute approximate surface area is 191 Å². The van der Waals surface area contributed by atoms with Gasteiger partial charge in [-0.15, -0.1) is 0 Å². The van der Waals surface area contributed by atoms with E-state index in [1.807, 2.05) is 40.1 Å². The van der Waals surface area contributed by atoms with E-state index >= 15 is 0 Å². The molecule has 0 radical (unpaired) electrons. The molecule has 1 rings (SSSR count). The van der Waals surface area contributed by atoms with Crippen LogP contribution in [0.15, 0.2) is 24.5 Å². The summed E-state index contributed by atoms with van der Waals surface area (Å²) in [5.41, 5.74) is -0.593. The van der Waals surface area contributed by atoms with Gasteiger partial charge < -0.3 is 9.47 Å². The van der Waals surface area contributed by atoms with Crippen LogP contribution in [0.4, 0.5) is 0 Å². The van der Waals surface area contributed by atoms with Gasteiger partial charge in [-0.2, -0.15) is 0 Å². The van der Waals surface area contributed by atoms with Gasteiger partial charge in [0, 0.05) is 24.9 Å². The van der Waals surface area contributed by atoms with E-state index in [1.54, 1.807) is 7.11 Å². The van der Waals surface area contributed by atoms with Crippen LogP contribution in [-0.4, -0.2) is 35.7 Å². The molecular weight excluding hydrogens is 386 g/mol. The Balaban J connectivity index is 3.08. The number of carbonyl (C=O) groups excluding carboxylic acids is 1. The topological polar surface area (TPSA) is 48.4 Å². The Bertz CT molecular complexity index is 712. The molecule has 0 aromatic carbocycles. The number of hydrogen-bond donors (Lipinski definition) is 0. The van der Waals surface area contributed by atoms with Crippen molar-refractivity contribution in [2.45, 2.75) is 106 Å².